The van der Waals surface area contributed by atoms with E-state index in [-0.39, 0.29) is 29.6 Å². The van der Waals surface area contributed by atoms with Crippen LogP contribution >= 0.6 is 0 Å². The number of aromatic nitrogens is 2. The lowest BCUT2D eigenvalue weighted by molar-refractivity contribution is -0.111. The number of hydrogen-bond donors (Lipinski definition) is 2. The molecule has 1 aliphatic rings. The van der Waals surface area contributed by atoms with Crippen LogP contribution in [0.15, 0.2) is 24.5 Å². The Bertz CT molecular complexity index is 864. The Morgan fingerprint density at radius 3 is 2.57 bits per heavy atom. The molecule has 2 heterocycles. The summed E-state index contributed by atoms with van der Waals surface area (Å²) in [7, 11) is 0. The topological polar surface area (TPSA) is 99.1 Å². The van der Waals surface area contributed by atoms with Gasteiger partial charge in [0.25, 0.3) is 0 Å². The van der Waals surface area contributed by atoms with E-state index in [1.807, 2.05) is 19.9 Å². The van der Waals surface area contributed by atoms with Gasteiger partial charge in [-0.2, -0.15) is 0 Å². The number of nitrogens with two attached hydrogens (primary N) is 2. The highest BCUT2D eigenvalue weighted by Gasteiger charge is 2.28. The van der Waals surface area contributed by atoms with Crippen molar-refractivity contribution in [1.29, 1.82) is 0 Å². The van der Waals surface area contributed by atoms with E-state index in [0.717, 1.165) is 5.82 Å². The van der Waals surface area contributed by atoms with Crippen LogP contribution in [-0.2, 0) is 4.74 Å². The fourth-order valence-corrected chi connectivity index (χ4v) is 3.38. The summed E-state index contributed by atoms with van der Waals surface area (Å²) in [6, 6.07) is 4.90. The van der Waals surface area contributed by atoms with Crippen LogP contribution in [0.25, 0.3) is 0 Å². The molecule has 0 unspecified atom stereocenters. The van der Waals surface area contributed by atoms with Gasteiger partial charge in [0.1, 0.15) is 17.8 Å². The number of morpholine rings is 1. The molecule has 0 bridgehead atoms. The monoisotopic (exact) mass is 388 g/mol. The quantitative estimate of drug-likeness (QED) is 0.590. The van der Waals surface area contributed by atoms with Crippen molar-refractivity contribution in [2.45, 2.75) is 45.9 Å². The number of ether oxygens (including phenoxy) is 2. The first-order chi connectivity index (χ1) is 13.3. The van der Waals surface area contributed by atoms with Crippen LogP contribution in [0.3, 0.4) is 0 Å². The van der Waals surface area contributed by atoms with Gasteiger partial charge >= 0.3 is 0 Å². The first-order valence-electron chi connectivity index (χ1n) is 9.35. The third-order valence-corrected chi connectivity index (χ3v) is 4.62. The van der Waals surface area contributed by atoms with Crippen LogP contribution in [0.5, 0.6) is 5.75 Å². The second-order valence-corrected chi connectivity index (χ2v) is 7.35. The summed E-state index contributed by atoms with van der Waals surface area (Å²) in [6.45, 7) is 9.07. The van der Waals surface area contributed by atoms with Gasteiger partial charge in [-0.15, -0.1) is 0 Å². The van der Waals surface area contributed by atoms with Gasteiger partial charge in [0, 0.05) is 17.8 Å². The van der Waals surface area contributed by atoms with Crippen molar-refractivity contribution in [3.63, 3.8) is 0 Å². The van der Waals surface area contributed by atoms with Crippen LogP contribution in [0, 0.1) is 5.82 Å². The smallest absolute Gasteiger partial charge is 0.232 e. The number of rotatable bonds is 5. The van der Waals surface area contributed by atoms with Crippen LogP contribution in [0.2, 0.25) is 0 Å². The molecule has 4 N–H and O–H groups in total. The molecule has 1 aromatic heterocycles. The van der Waals surface area contributed by atoms with E-state index in [9.17, 15) is 4.39 Å². The molecule has 7 nitrogen and oxygen atoms in total. The lowest BCUT2D eigenvalue weighted by atomic mass is 10.0. The number of anilines is 2. The van der Waals surface area contributed by atoms with Crippen LogP contribution < -0.4 is 20.8 Å². The zero-order valence-corrected chi connectivity index (χ0v) is 16.6. The van der Waals surface area contributed by atoms with Crippen LogP contribution in [-0.4, -0.2) is 47.1 Å². The average Bonchev–Trinajstić information content (AvgIpc) is 2.63. The molecule has 1 fully saturated rings. The molecule has 1 aliphatic heterocycles. The minimum atomic E-state index is -0.526. The van der Waals surface area contributed by atoms with Gasteiger partial charge in [0.05, 0.1) is 37.0 Å². The lowest BCUT2D eigenvalue weighted by Gasteiger charge is -2.39. The normalized spacial score (nSPS) is 19.7. The van der Waals surface area contributed by atoms with Crippen molar-refractivity contribution in [3.8, 4) is 5.75 Å². The maximum absolute atomic E-state index is 14.2. The summed E-state index contributed by atoms with van der Waals surface area (Å²) in [4.78, 5) is 10.9. The molecule has 1 aromatic carbocycles. The van der Waals surface area contributed by atoms with E-state index in [0.29, 0.717) is 30.2 Å². The third kappa shape index (κ3) is 4.06. The summed E-state index contributed by atoms with van der Waals surface area (Å²) in [6.07, 6.45) is 1.29. The molecule has 150 valence electrons. The molecule has 0 radical (unpaired) electrons. The molecule has 0 amide bonds. The predicted octanol–water partition coefficient (Wildman–Crippen LogP) is 1.20. The predicted molar refractivity (Wildman–Crippen MR) is 106 cm³/mol. The summed E-state index contributed by atoms with van der Waals surface area (Å²) in [5.74, 6) is 0.338. The van der Waals surface area contributed by atoms with Crippen molar-refractivity contribution in [2.75, 3.05) is 23.8 Å². The van der Waals surface area contributed by atoms with Gasteiger partial charge in [-0.25, -0.2) is 14.4 Å². The third-order valence-electron chi connectivity index (χ3n) is 4.62. The van der Waals surface area contributed by atoms with Gasteiger partial charge in [-0.1, -0.05) is 0 Å². The van der Waals surface area contributed by atoms with Crippen LogP contribution in [0.1, 0.15) is 39.0 Å². The molecular formula is C20H27FN5O2+. The van der Waals surface area contributed by atoms with Crippen molar-refractivity contribution in [2.24, 2.45) is 0 Å². The van der Waals surface area contributed by atoms with Gasteiger partial charge in [-0.05, 0) is 33.8 Å². The molecule has 0 spiro atoms. The van der Waals surface area contributed by atoms with Crippen molar-refractivity contribution in [1.82, 2.24) is 9.97 Å². The van der Waals surface area contributed by atoms with E-state index >= 15 is 0 Å². The van der Waals surface area contributed by atoms with E-state index in [1.165, 1.54) is 18.5 Å². The van der Waals surface area contributed by atoms with Gasteiger partial charge in [-0.3, -0.25) is 5.41 Å². The van der Waals surface area contributed by atoms with E-state index in [4.69, 9.17) is 20.6 Å². The first-order valence-corrected chi connectivity index (χ1v) is 9.35. The zero-order valence-electron chi connectivity index (χ0n) is 16.6. The average molecular weight is 388 g/mol. The number of nitrogens with zero attached hydrogens (tertiary/aromatic N) is 3. The van der Waals surface area contributed by atoms with Crippen molar-refractivity contribution < 1.29 is 19.3 Å². The summed E-state index contributed by atoms with van der Waals surface area (Å²) >= 11 is 0. The lowest BCUT2D eigenvalue weighted by Crippen LogP contribution is -2.50. The van der Waals surface area contributed by atoms with E-state index in [2.05, 4.69) is 28.7 Å². The number of halogens is 1. The highest BCUT2D eigenvalue weighted by molar-refractivity contribution is 6.11. The van der Waals surface area contributed by atoms with Crippen LogP contribution in [0.4, 0.5) is 15.9 Å². The standard InChI is InChI=1S/C20H26FN5O2/c1-11(2)28-18-5-14(16(22)6-15(18)21)20(23)17-7-19(25-10-24-17)26-12(3)8-27-9-13(26)4/h5-7,10-13,23H,8-9,22H2,1-4H3/p+1/t12-,13-/m1/s1. The molecular weight excluding hydrogens is 361 g/mol. The Labute approximate surface area is 164 Å². The molecule has 0 aliphatic carbocycles. The SMILES string of the molecule is CC(C)Oc1cc(C(=[NH2+])c2cc(N3[C@H](C)COC[C@H]3C)ncn2)c(N)cc1F. The van der Waals surface area contributed by atoms with E-state index < -0.39 is 5.82 Å². The fraction of sp³-hybridized carbons (Fsp3) is 0.450. The molecule has 0 saturated carbocycles. The summed E-state index contributed by atoms with van der Waals surface area (Å²) in [5, 5.41) is 6.36. The second-order valence-electron chi connectivity index (χ2n) is 7.35. The fourth-order valence-electron chi connectivity index (χ4n) is 3.38. The molecule has 2 atom stereocenters. The zero-order chi connectivity index (χ0) is 20.4. The highest BCUT2D eigenvalue weighted by atomic mass is 19.1. The van der Waals surface area contributed by atoms with Crippen molar-refractivity contribution in [3.05, 3.63) is 41.6 Å². The largest absolute Gasteiger partial charge is 0.488 e. The molecule has 3 rings (SSSR count). The maximum atomic E-state index is 14.2. The maximum Gasteiger partial charge on any atom is 0.232 e. The molecule has 2 aromatic rings. The Kier molecular flexibility index (Phi) is 5.79. The minimum absolute atomic E-state index is 0.104. The number of nitrogen functional groups attached to an aromatic ring is 1. The number of hydrogen-bond acceptors (Lipinski definition) is 6. The van der Waals surface area contributed by atoms with Gasteiger partial charge in [0.2, 0.25) is 5.71 Å². The Balaban J connectivity index is 1.95. The number of benzene rings is 1. The molecule has 8 heteroatoms. The minimum Gasteiger partial charge on any atom is -0.488 e. The van der Waals surface area contributed by atoms with Gasteiger partial charge in [0.15, 0.2) is 11.6 Å². The van der Waals surface area contributed by atoms with Gasteiger partial charge < -0.3 is 20.1 Å². The second kappa shape index (κ2) is 8.10. The summed E-state index contributed by atoms with van der Waals surface area (Å²) < 4.78 is 25.3. The Morgan fingerprint density at radius 1 is 1.25 bits per heavy atom. The molecule has 1 saturated heterocycles. The Hall–Kier alpha value is -2.74. The van der Waals surface area contributed by atoms with Crippen molar-refractivity contribution >= 4 is 17.2 Å². The van der Waals surface area contributed by atoms with E-state index in [1.54, 1.807) is 0 Å². The highest BCUT2D eigenvalue weighted by Crippen LogP contribution is 2.27. The first kappa shape index (κ1) is 20.0. The Morgan fingerprint density at radius 2 is 1.93 bits per heavy atom. The summed E-state index contributed by atoms with van der Waals surface area (Å²) in [5.41, 5.74) is 7.57. The molecule has 28 heavy (non-hydrogen) atoms.